The number of benzene rings is 1. The molecule has 0 bridgehead atoms. The largest absolute Gasteiger partial charge is 0.482 e. The molecule has 0 amide bonds. The zero-order valence-electron chi connectivity index (χ0n) is 7.74. The van der Waals surface area contributed by atoms with Crippen molar-refractivity contribution in [3.05, 3.63) is 29.8 Å². The summed E-state index contributed by atoms with van der Waals surface area (Å²) in [6.07, 6.45) is 0. The van der Waals surface area contributed by atoms with E-state index in [1.165, 1.54) is 7.11 Å². The van der Waals surface area contributed by atoms with Crippen molar-refractivity contribution in [1.29, 1.82) is 0 Å². The van der Waals surface area contributed by atoms with Crippen LogP contribution in [0.4, 0.5) is 0 Å². The Hall–Kier alpha value is -1.51. The Kier molecular flexibility index (Phi) is 3.31. The number of ether oxygens (including phenoxy) is 2. The van der Waals surface area contributed by atoms with Gasteiger partial charge in [-0.15, -0.1) is 0 Å². The predicted molar refractivity (Wildman–Crippen MR) is 48.7 cm³/mol. The molecule has 1 aromatic rings. The van der Waals surface area contributed by atoms with E-state index in [4.69, 9.17) is 4.74 Å². The van der Waals surface area contributed by atoms with E-state index >= 15 is 0 Å². The normalized spacial score (nSPS) is 9.38. The number of hydrogen-bond acceptors (Lipinski definition) is 3. The summed E-state index contributed by atoms with van der Waals surface area (Å²) in [5, 5.41) is 0. The first kappa shape index (κ1) is 9.58. The van der Waals surface area contributed by atoms with Crippen LogP contribution in [-0.4, -0.2) is 19.7 Å². The second-order valence-electron chi connectivity index (χ2n) is 2.68. The third kappa shape index (κ3) is 3.15. The minimum absolute atomic E-state index is 0.0417. The van der Waals surface area contributed by atoms with E-state index in [9.17, 15) is 4.79 Å². The summed E-state index contributed by atoms with van der Waals surface area (Å²) in [5.41, 5.74) is 1.10. The minimum Gasteiger partial charge on any atom is -0.482 e. The van der Waals surface area contributed by atoms with E-state index in [2.05, 4.69) is 4.74 Å². The van der Waals surface area contributed by atoms with Crippen LogP contribution in [-0.2, 0) is 9.53 Å². The van der Waals surface area contributed by atoms with Gasteiger partial charge in [0.2, 0.25) is 0 Å². The molecule has 1 aromatic carbocycles. The second kappa shape index (κ2) is 4.50. The molecule has 0 saturated carbocycles. The van der Waals surface area contributed by atoms with Crippen molar-refractivity contribution in [2.24, 2.45) is 0 Å². The smallest absolute Gasteiger partial charge is 0.343 e. The summed E-state index contributed by atoms with van der Waals surface area (Å²) < 4.78 is 9.60. The van der Waals surface area contributed by atoms with Crippen molar-refractivity contribution in [2.75, 3.05) is 13.7 Å². The summed E-state index contributed by atoms with van der Waals surface area (Å²) in [5.74, 6) is 0.312. The molecular weight excluding hydrogens is 168 g/mol. The SMILES string of the molecule is COC(=O)COc1cccc(C)c1. The third-order valence-corrected chi connectivity index (χ3v) is 1.57. The van der Waals surface area contributed by atoms with Crippen molar-refractivity contribution in [2.45, 2.75) is 6.92 Å². The molecule has 0 aliphatic rings. The highest BCUT2D eigenvalue weighted by Gasteiger charge is 2.00. The summed E-state index contributed by atoms with van der Waals surface area (Å²) in [6.45, 7) is 1.92. The van der Waals surface area contributed by atoms with Crippen LogP contribution in [0.25, 0.3) is 0 Å². The Morgan fingerprint density at radius 2 is 2.23 bits per heavy atom. The number of carbonyl (C=O) groups is 1. The monoisotopic (exact) mass is 180 g/mol. The first-order valence-electron chi connectivity index (χ1n) is 3.98. The minimum atomic E-state index is -0.374. The zero-order chi connectivity index (χ0) is 9.68. The van der Waals surface area contributed by atoms with Gasteiger partial charge in [0.15, 0.2) is 6.61 Å². The zero-order valence-corrected chi connectivity index (χ0v) is 7.74. The molecule has 1 rings (SSSR count). The molecule has 0 heterocycles. The third-order valence-electron chi connectivity index (χ3n) is 1.57. The highest BCUT2D eigenvalue weighted by atomic mass is 16.6. The lowest BCUT2D eigenvalue weighted by Gasteiger charge is -2.04. The molecule has 0 unspecified atom stereocenters. The lowest BCUT2D eigenvalue weighted by Crippen LogP contribution is -2.12. The Labute approximate surface area is 77.3 Å². The highest BCUT2D eigenvalue weighted by Crippen LogP contribution is 2.11. The van der Waals surface area contributed by atoms with E-state index in [0.29, 0.717) is 5.75 Å². The molecule has 0 N–H and O–H groups in total. The number of esters is 1. The van der Waals surface area contributed by atoms with Crippen LogP contribution < -0.4 is 4.74 Å². The molecular formula is C10H12O3. The van der Waals surface area contributed by atoms with Gasteiger partial charge in [-0.25, -0.2) is 4.79 Å². The van der Waals surface area contributed by atoms with Gasteiger partial charge in [0.1, 0.15) is 5.75 Å². The van der Waals surface area contributed by atoms with Gasteiger partial charge in [-0.05, 0) is 24.6 Å². The van der Waals surface area contributed by atoms with Crippen LogP contribution in [0.15, 0.2) is 24.3 Å². The van der Waals surface area contributed by atoms with Gasteiger partial charge in [0.05, 0.1) is 7.11 Å². The van der Waals surface area contributed by atoms with Gasteiger partial charge in [0.25, 0.3) is 0 Å². The first-order chi connectivity index (χ1) is 6.22. The van der Waals surface area contributed by atoms with Crippen LogP contribution in [0.5, 0.6) is 5.75 Å². The van der Waals surface area contributed by atoms with Crippen LogP contribution in [0.1, 0.15) is 5.56 Å². The number of hydrogen-bond donors (Lipinski definition) is 0. The summed E-state index contributed by atoms with van der Waals surface area (Å²) >= 11 is 0. The Morgan fingerprint density at radius 1 is 1.46 bits per heavy atom. The fraction of sp³-hybridized carbons (Fsp3) is 0.300. The molecule has 70 valence electrons. The summed E-state index contributed by atoms with van der Waals surface area (Å²) in [7, 11) is 1.34. The molecule has 0 atom stereocenters. The van der Waals surface area contributed by atoms with Crippen LogP contribution in [0.3, 0.4) is 0 Å². The van der Waals surface area contributed by atoms with Crippen LogP contribution >= 0.6 is 0 Å². The average Bonchev–Trinajstić information content (AvgIpc) is 2.14. The van der Waals surface area contributed by atoms with Gasteiger partial charge in [0, 0.05) is 0 Å². The molecule has 0 aliphatic heterocycles. The van der Waals surface area contributed by atoms with Crippen molar-refractivity contribution < 1.29 is 14.3 Å². The topological polar surface area (TPSA) is 35.5 Å². The van der Waals surface area contributed by atoms with Crippen LogP contribution in [0, 0.1) is 6.92 Å². The summed E-state index contributed by atoms with van der Waals surface area (Å²) in [6, 6.07) is 7.51. The predicted octanol–water partition coefficient (Wildman–Crippen LogP) is 1.55. The standard InChI is InChI=1S/C10H12O3/c1-8-4-3-5-9(6-8)13-7-10(11)12-2/h3-6H,7H2,1-2H3. The van der Waals surface area contributed by atoms with Gasteiger partial charge < -0.3 is 9.47 Å². The highest BCUT2D eigenvalue weighted by molar-refractivity contribution is 5.70. The Morgan fingerprint density at radius 3 is 2.85 bits per heavy atom. The van der Waals surface area contributed by atoms with Crippen molar-refractivity contribution >= 4 is 5.97 Å². The maximum absolute atomic E-state index is 10.7. The lowest BCUT2D eigenvalue weighted by molar-refractivity contribution is -0.142. The fourth-order valence-corrected chi connectivity index (χ4v) is 0.906. The van der Waals surface area contributed by atoms with Crippen molar-refractivity contribution in [3.63, 3.8) is 0 Å². The molecule has 0 saturated heterocycles. The van der Waals surface area contributed by atoms with Crippen molar-refractivity contribution in [3.8, 4) is 5.75 Å². The van der Waals surface area contributed by atoms with Crippen molar-refractivity contribution in [1.82, 2.24) is 0 Å². The molecule has 0 aromatic heterocycles. The number of carbonyl (C=O) groups excluding carboxylic acids is 1. The van der Waals surface area contributed by atoms with Gasteiger partial charge in [-0.1, -0.05) is 12.1 Å². The fourth-order valence-electron chi connectivity index (χ4n) is 0.906. The van der Waals surface area contributed by atoms with Gasteiger partial charge >= 0.3 is 5.97 Å². The number of rotatable bonds is 3. The maximum atomic E-state index is 10.7. The van der Waals surface area contributed by atoms with E-state index < -0.39 is 0 Å². The van der Waals surface area contributed by atoms with Gasteiger partial charge in [-0.3, -0.25) is 0 Å². The maximum Gasteiger partial charge on any atom is 0.343 e. The quantitative estimate of drug-likeness (QED) is 0.662. The second-order valence-corrected chi connectivity index (χ2v) is 2.68. The molecule has 0 radical (unpaired) electrons. The molecule has 0 fully saturated rings. The van der Waals surface area contributed by atoms with E-state index in [-0.39, 0.29) is 12.6 Å². The number of aryl methyl sites for hydroxylation is 1. The van der Waals surface area contributed by atoms with E-state index in [0.717, 1.165) is 5.56 Å². The van der Waals surface area contributed by atoms with E-state index in [1.807, 2.05) is 25.1 Å². The molecule has 13 heavy (non-hydrogen) atoms. The first-order valence-corrected chi connectivity index (χ1v) is 3.98. The summed E-state index contributed by atoms with van der Waals surface area (Å²) in [4.78, 5) is 10.7. The molecule has 0 spiro atoms. The van der Waals surface area contributed by atoms with E-state index in [1.54, 1.807) is 6.07 Å². The Balaban J connectivity index is 2.50. The van der Waals surface area contributed by atoms with Crippen LogP contribution in [0.2, 0.25) is 0 Å². The Bertz CT molecular complexity index is 294. The molecule has 0 aliphatic carbocycles. The molecule has 3 heteroatoms. The van der Waals surface area contributed by atoms with Gasteiger partial charge in [-0.2, -0.15) is 0 Å². The number of methoxy groups -OCH3 is 1. The molecule has 3 nitrogen and oxygen atoms in total. The lowest BCUT2D eigenvalue weighted by atomic mass is 10.2. The average molecular weight is 180 g/mol.